The molecule has 18 heavy (non-hydrogen) atoms. The number of nitro benzene ring substituents is 1. The second-order valence-corrected chi connectivity index (χ2v) is 3.85. The summed E-state index contributed by atoms with van der Waals surface area (Å²) in [5, 5.41) is 14.0. The van der Waals surface area contributed by atoms with E-state index in [4.69, 9.17) is 0 Å². The first kappa shape index (κ1) is 12.2. The van der Waals surface area contributed by atoms with Crippen molar-refractivity contribution in [2.24, 2.45) is 0 Å². The Kier molecular flexibility index (Phi) is 3.98. The minimum atomic E-state index is -0.360. The molecule has 1 aromatic heterocycles. The van der Waals surface area contributed by atoms with E-state index < -0.39 is 0 Å². The fourth-order valence-electron chi connectivity index (χ4n) is 1.68. The van der Waals surface area contributed by atoms with Crippen LogP contribution >= 0.6 is 0 Å². The molecule has 0 saturated carbocycles. The number of benzene rings is 1. The van der Waals surface area contributed by atoms with E-state index in [1.54, 1.807) is 30.6 Å². The molecular weight excluding hydrogens is 230 g/mol. The Balaban J connectivity index is 1.97. The molecule has 0 radical (unpaired) electrons. The second kappa shape index (κ2) is 5.88. The number of para-hydroxylation sites is 1. The van der Waals surface area contributed by atoms with Crippen LogP contribution in [0, 0.1) is 10.1 Å². The first-order valence-corrected chi connectivity index (χ1v) is 5.59. The van der Waals surface area contributed by atoms with E-state index in [1.807, 2.05) is 12.1 Å². The van der Waals surface area contributed by atoms with Gasteiger partial charge in [0.05, 0.1) is 4.92 Å². The van der Waals surface area contributed by atoms with Gasteiger partial charge in [-0.3, -0.25) is 15.1 Å². The molecule has 5 nitrogen and oxygen atoms in total. The molecule has 0 saturated heterocycles. The number of nitro groups is 1. The molecule has 0 aliphatic carbocycles. The molecule has 0 amide bonds. The average Bonchev–Trinajstić information content (AvgIpc) is 2.40. The SMILES string of the molecule is O=[N+]([O-])c1ccccc1CNCc1cccnc1. The fourth-order valence-corrected chi connectivity index (χ4v) is 1.68. The summed E-state index contributed by atoms with van der Waals surface area (Å²) in [6.45, 7) is 1.10. The van der Waals surface area contributed by atoms with Crippen molar-refractivity contribution >= 4 is 5.69 Å². The van der Waals surface area contributed by atoms with E-state index >= 15 is 0 Å². The number of nitrogens with zero attached hydrogens (tertiary/aromatic N) is 2. The Hall–Kier alpha value is -2.27. The van der Waals surface area contributed by atoms with Gasteiger partial charge < -0.3 is 5.32 Å². The van der Waals surface area contributed by atoms with Crippen molar-refractivity contribution in [1.82, 2.24) is 10.3 Å². The summed E-state index contributed by atoms with van der Waals surface area (Å²) in [5.41, 5.74) is 1.89. The quantitative estimate of drug-likeness (QED) is 0.646. The number of hydrogen-bond acceptors (Lipinski definition) is 4. The van der Waals surface area contributed by atoms with Crippen LogP contribution in [0.3, 0.4) is 0 Å². The van der Waals surface area contributed by atoms with E-state index in [1.165, 1.54) is 6.07 Å². The fraction of sp³-hybridized carbons (Fsp3) is 0.154. The molecule has 0 unspecified atom stereocenters. The molecule has 1 aromatic carbocycles. The molecule has 0 bridgehead atoms. The summed E-state index contributed by atoms with van der Waals surface area (Å²) in [6, 6.07) is 10.6. The minimum Gasteiger partial charge on any atom is -0.308 e. The first-order chi connectivity index (χ1) is 8.77. The number of hydrogen-bond donors (Lipinski definition) is 1. The molecule has 0 fully saturated rings. The zero-order valence-electron chi connectivity index (χ0n) is 9.74. The van der Waals surface area contributed by atoms with Crippen LogP contribution in [0.4, 0.5) is 5.69 Å². The predicted octanol–water partition coefficient (Wildman–Crippen LogP) is 2.28. The molecule has 92 valence electrons. The van der Waals surface area contributed by atoms with Crippen LogP contribution in [-0.2, 0) is 13.1 Å². The maximum absolute atomic E-state index is 10.8. The molecule has 2 aromatic rings. The third kappa shape index (κ3) is 3.11. The van der Waals surface area contributed by atoms with Crippen LogP contribution in [-0.4, -0.2) is 9.91 Å². The smallest absolute Gasteiger partial charge is 0.273 e. The highest BCUT2D eigenvalue weighted by molar-refractivity contribution is 5.39. The average molecular weight is 243 g/mol. The van der Waals surface area contributed by atoms with Crippen molar-refractivity contribution in [1.29, 1.82) is 0 Å². The largest absolute Gasteiger partial charge is 0.308 e. The zero-order valence-corrected chi connectivity index (χ0v) is 9.74. The number of pyridine rings is 1. The maximum atomic E-state index is 10.8. The van der Waals surface area contributed by atoms with Crippen molar-refractivity contribution in [2.45, 2.75) is 13.1 Å². The van der Waals surface area contributed by atoms with E-state index in [-0.39, 0.29) is 10.6 Å². The summed E-state index contributed by atoms with van der Waals surface area (Å²) >= 11 is 0. The van der Waals surface area contributed by atoms with Gasteiger partial charge in [0.25, 0.3) is 5.69 Å². The van der Waals surface area contributed by atoms with Crippen molar-refractivity contribution in [3.63, 3.8) is 0 Å². The van der Waals surface area contributed by atoms with Crippen LogP contribution in [0.1, 0.15) is 11.1 Å². The lowest BCUT2D eigenvalue weighted by molar-refractivity contribution is -0.385. The summed E-state index contributed by atoms with van der Waals surface area (Å²) in [6.07, 6.45) is 3.48. The maximum Gasteiger partial charge on any atom is 0.273 e. The third-order valence-corrected chi connectivity index (χ3v) is 2.56. The molecule has 0 aliphatic heterocycles. The van der Waals surface area contributed by atoms with E-state index in [0.29, 0.717) is 18.7 Å². The van der Waals surface area contributed by atoms with Gasteiger partial charge in [0.15, 0.2) is 0 Å². The molecule has 1 N–H and O–H groups in total. The Morgan fingerprint density at radius 3 is 2.72 bits per heavy atom. The van der Waals surface area contributed by atoms with Crippen molar-refractivity contribution in [2.75, 3.05) is 0 Å². The van der Waals surface area contributed by atoms with Gasteiger partial charge in [0, 0.05) is 37.1 Å². The minimum absolute atomic E-state index is 0.149. The van der Waals surface area contributed by atoms with Crippen LogP contribution < -0.4 is 5.32 Å². The summed E-state index contributed by atoms with van der Waals surface area (Å²) in [5.74, 6) is 0. The topological polar surface area (TPSA) is 68.1 Å². The van der Waals surface area contributed by atoms with Crippen LogP contribution in [0.25, 0.3) is 0 Å². The summed E-state index contributed by atoms with van der Waals surface area (Å²) in [4.78, 5) is 14.5. The summed E-state index contributed by atoms with van der Waals surface area (Å²) in [7, 11) is 0. The van der Waals surface area contributed by atoms with Crippen LogP contribution in [0.15, 0.2) is 48.8 Å². The highest BCUT2D eigenvalue weighted by Gasteiger charge is 2.11. The Bertz CT molecular complexity index is 529. The first-order valence-electron chi connectivity index (χ1n) is 5.59. The van der Waals surface area contributed by atoms with Crippen molar-refractivity contribution in [3.8, 4) is 0 Å². The highest BCUT2D eigenvalue weighted by atomic mass is 16.6. The second-order valence-electron chi connectivity index (χ2n) is 3.85. The molecule has 0 spiro atoms. The van der Waals surface area contributed by atoms with E-state index in [0.717, 1.165) is 5.56 Å². The van der Waals surface area contributed by atoms with E-state index in [2.05, 4.69) is 10.3 Å². The standard InChI is InChI=1S/C13H13N3O2/c17-16(18)13-6-2-1-5-12(13)10-15-9-11-4-3-7-14-8-11/h1-8,15H,9-10H2. The van der Waals surface area contributed by atoms with Crippen LogP contribution in [0.5, 0.6) is 0 Å². The van der Waals surface area contributed by atoms with Crippen LogP contribution in [0.2, 0.25) is 0 Å². The number of rotatable bonds is 5. The normalized spacial score (nSPS) is 10.2. The van der Waals surface area contributed by atoms with Crippen molar-refractivity contribution < 1.29 is 4.92 Å². The van der Waals surface area contributed by atoms with E-state index in [9.17, 15) is 10.1 Å². The van der Waals surface area contributed by atoms with Gasteiger partial charge >= 0.3 is 0 Å². The van der Waals surface area contributed by atoms with Gasteiger partial charge in [-0.2, -0.15) is 0 Å². The van der Waals surface area contributed by atoms with Gasteiger partial charge in [-0.1, -0.05) is 24.3 Å². The monoisotopic (exact) mass is 243 g/mol. The Labute approximate surface area is 105 Å². The summed E-state index contributed by atoms with van der Waals surface area (Å²) < 4.78 is 0. The molecule has 0 aliphatic rings. The lowest BCUT2D eigenvalue weighted by Gasteiger charge is -2.05. The molecular formula is C13H13N3O2. The Morgan fingerprint density at radius 1 is 1.17 bits per heavy atom. The van der Waals surface area contributed by atoms with Crippen molar-refractivity contribution in [3.05, 3.63) is 70.0 Å². The molecule has 5 heteroatoms. The van der Waals surface area contributed by atoms with Gasteiger partial charge in [0.2, 0.25) is 0 Å². The lowest BCUT2D eigenvalue weighted by atomic mass is 10.2. The molecule has 0 atom stereocenters. The van der Waals surface area contributed by atoms with Gasteiger partial charge in [0.1, 0.15) is 0 Å². The molecule has 1 heterocycles. The Morgan fingerprint density at radius 2 is 2.00 bits per heavy atom. The predicted molar refractivity (Wildman–Crippen MR) is 67.9 cm³/mol. The lowest BCUT2D eigenvalue weighted by Crippen LogP contribution is -2.13. The van der Waals surface area contributed by atoms with Gasteiger partial charge in [-0.05, 0) is 11.6 Å². The number of aromatic nitrogens is 1. The van der Waals surface area contributed by atoms with Gasteiger partial charge in [-0.25, -0.2) is 0 Å². The highest BCUT2D eigenvalue weighted by Crippen LogP contribution is 2.17. The third-order valence-electron chi connectivity index (χ3n) is 2.56. The zero-order chi connectivity index (χ0) is 12.8. The van der Waals surface area contributed by atoms with Gasteiger partial charge in [-0.15, -0.1) is 0 Å². The molecule has 2 rings (SSSR count). The number of nitrogens with one attached hydrogen (secondary N) is 1.